The van der Waals surface area contributed by atoms with Crippen LogP contribution in [0.4, 0.5) is 8.78 Å². The van der Waals surface area contributed by atoms with E-state index in [1.54, 1.807) is 0 Å². The Morgan fingerprint density at radius 1 is 1.22 bits per heavy atom. The second-order valence-electron chi connectivity index (χ2n) is 8.46. The Kier molecular flexibility index (Phi) is 5.82. The summed E-state index contributed by atoms with van der Waals surface area (Å²) < 4.78 is 34.6. The molecule has 27 heavy (non-hydrogen) atoms. The summed E-state index contributed by atoms with van der Waals surface area (Å²) in [5, 5.41) is 3.31. The lowest BCUT2D eigenvalue weighted by atomic mass is 9.70. The van der Waals surface area contributed by atoms with Gasteiger partial charge in [-0.15, -0.1) is 0 Å². The molecule has 2 aliphatic rings. The Morgan fingerprint density at radius 2 is 1.89 bits per heavy atom. The lowest BCUT2D eigenvalue weighted by molar-refractivity contribution is -0.170. The van der Waals surface area contributed by atoms with Crippen LogP contribution in [0.25, 0.3) is 0 Å². The maximum Gasteiger partial charge on any atom is 0.267 e. The lowest BCUT2D eigenvalue weighted by Crippen LogP contribution is -2.65. The minimum Gasteiger partial charge on any atom is -0.474 e. The van der Waals surface area contributed by atoms with Gasteiger partial charge in [-0.3, -0.25) is 4.79 Å². The van der Waals surface area contributed by atoms with Crippen molar-refractivity contribution in [3.63, 3.8) is 0 Å². The number of hydrogen-bond donors (Lipinski definition) is 1. The van der Waals surface area contributed by atoms with Gasteiger partial charge in [0.1, 0.15) is 5.82 Å². The standard InChI is InChI=1S/C20H27BrF2N2O2/c1-19(2,3)20(27-17-12-15(22)14(21)11-16(17)23)7-4-10-25(18(20)26)13-5-8-24-9-6-13/h11-13,24H,4-10H2,1-3H3. The van der Waals surface area contributed by atoms with Gasteiger partial charge >= 0.3 is 0 Å². The SMILES string of the molecule is CC(C)(C)C1(Oc2cc(F)c(Br)cc2F)CCCN(C2CCNCC2)C1=O. The van der Waals surface area contributed by atoms with Crippen molar-refractivity contribution in [2.75, 3.05) is 19.6 Å². The molecule has 0 aliphatic carbocycles. The average Bonchev–Trinajstić information content (AvgIpc) is 2.61. The molecule has 4 nitrogen and oxygen atoms in total. The summed E-state index contributed by atoms with van der Waals surface area (Å²) in [5.41, 5.74) is -1.80. The third-order valence-corrected chi connectivity index (χ3v) is 6.36. The van der Waals surface area contributed by atoms with Crippen LogP contribution in [0.1, 0.15) is 46.5 Å². The molecule has 2 fully saturated rings. The van der Waals surface area contributed by atoms with E-state index in [9.17, 15) is 13.6 Å². The van der Waals surface area contributed by atoms with Crippen molar-refractivity contribution in [2.45, 2.75) is 58.1 Å². The Labute approximate surface area is 167 Å². The van der Waals surface area contributed by atoms with Gasteiger partial charge in [-0.25, -0.2) is 8.78 Å². The number of halogens is 3. The van der Waals surface area contributed by atoms with Crippen LogP contribution in [0.5, 0.6) is 5.75 Å². The first-order chi connectivity index (χ1) is 12.7. The minimum absolute atomic E-state index is 0.0310. The quantitative estimate of drug-likeness (QED) is 0.707. The van der Waals surface area contributed by atoms with Crippen LogP contribution in [-0.4, -0.2) is 42.1 Å². The maximum atomic E-state index is 14.5. The second-order valence-corrected chi connectivity index (χ2v) is 9.31. The van der Waals surface area contributed by atoms with Crippen molar-refractivity contribution in [3.8, 4) is 5.75 Å². The average molecular weight is 445 g/mol. The highest BCUT2D eigenvalue weighted by Crippen LogP contribution is 2.44. The molecule has 0 radical (unpaired) electrons. The number of hydrogen-bond acceptors (Lipinski definition) is 3. The van der Waals surface area contributed by atoms with Gasteiger partial charge in [0.15, 0.2) is 17.2 Å². The monoisotopic (exact) mass is 444 g/mol. The second kappa shape index (κ2) is 7.66. The summed E-state index contributed by atoms with van der Waals surface area (Å²) in [6.07, 6.45) is 3.04. The van der Waals surface area contributed by atoms with Gasteiger partial charge in [0.2, 0.25) is 0 Å². The summed E-state index contributed by atoms with van der Waals surface area (Å²) in [7, 11) is 0. The van der Waals surface area contributed by atoms with Crippen molar-refractivity contribution < 1.29 is 18.3 Å². The molecule has 7 heteroatoms. The molecule has 1 atom stereocenters. The lowest BCUT2D eigenvalue weighted by Gasteiger charge is -2.51. The number of carbonyl (C=O) groups excluding carboxylic acids is 1. The van der Waals surface area contributed by atoms with E-state index in [1.807, 2.05) is 25.7 Å². The zero-order valence-electron chi connectivity index (χ0n) is 16.1. The third-order valence-electron chi connectivity index (χ3n) is 5.75. The van der Waals surface area contributed by atoms with Gasteiger partial charge in [0, 0.05) is 24.1 Å². The van der Waals surface area contributed by atoms with Crippen LogP contribution in [0.3, 0.4) is 0 Å². The van der Waals surface area contributed by atoms with Crippen molar-refractivity contribution in [2.24, 2.45) is 5.41 Å². The number of nitrogens with zero attached hydrogens (tertiary/aromatic N) is 1. The van der Waals surface area contributed by atoms with Crippen molar-refractivity contribution in [1.29, 1.82) is 0 Å². The van der Waals surface area contributed by atoms with E-state index in [2.05, 4.69) is 21.2 Å². The first kappa shape index (κ1) is 20.5. The maximum absolute atomic E-state index is 14.5. The highest BCUT2D eigenvalue weighted by atomic mass is 79.9. The smallest absolute Gasteiger partial charge is 0.267 e. The van der Waals surface area contributed by atoms with E-state index >= 15 is 0 Å². The molecule has 0 saturated carbocycles. The Balaban J connectivity index is 1.97. The first-order valence-electron chi connectivity index (χ1n) is 9.51. The van der Waals surface area contributed by atoms with Gasteiger partial charge < -0.3 is 15.0 Å². The van der Waals surface area contributed by atoms with Crippen LogP contribution in [0, 0.1) is 17.0 Å². The van der Waals surface area contributed by atoms with Crippen LogP contribution >= 0.6 is 15.9 Å². The predicted molar refractivity (Wildman–Crippen MR) is 104 cm³/mol. The van der Waals surface area contributed by atoms with Crippen molar-refractivity contribution >= 4 is 21.8 Å². The zero-order valence-corrected chi connectivity index (χ0v) is 17.7. The highest BCUT2D eigenvalue weighted by molar-refractivity contribution is 9.10. The van der Waals surface area contributed by atoms with Gasteiger partial charge in [-0.2, -0.15) is 0 Å². The normalized spacial score (nSPS) is 25.0. The number of amides is 1. The van der Waals surface area contributed by atoms with Crippen molar-refractivity contribution in [3.05, 3.63) is 28.2 Å². The fourth-order valence-electron chi connectivity index (χ4n) is 4.12. The number of likely N-dealkylation sites (tertiary alicyclic amines) is 1. The Hall–Kier alpha value is -1.21. The minimum atomic E-state index is -1.22. The molecule has 1 unspecified atom stereocenters. The molecule has 0 bridgehead atoms. The van der Waals surface area contributed by atoms with E-state index in [0.29, 0.717) is 13.0 Å². The van der Waals surface area contributed by atoms with Gasteiger partial charge in [0.05, 0.1) is 4.47 Å². The van der Waals surface area contributed by atoms with E-state index in [-0.39, 0.29) is 22.2 Å². The summed E-state index contributed by atoms with van der Waals surface area (Å²) in [4.78, 5) is 15.5. The van der Waals surface area contributed by atoms with Gasteiger partial charge in [0.25, 0.3) is 5.91 Å². The molecule has 1 N–H and O–H groups in total. The number of benzene rings is 1. The summed E-state index contributed by atoms with van der Waals surface area (Å²) >= 11 is 2.98. The Morgan fingerprint density at radius 3 is 2.52 bits per heavy atom. The molecular weight excluding hydrogens is 418 g/mol. The summed E-state index contributed by atoms with van der Waals surface area (Å²) in [5.74, 6) is -1.63. The molecule has 0 aromatic heterocycles. The number of ether oxygens (including phenoxy) is 1. The largest absolute Gasteiger partial charge is 0.474 e. The fraction of sp³-hybridized carbons (Fsp3) is 0.650. The van der Waals surface area contributed by atoms with Gasteiger partial charge in [-0.05, 0) is 60.8 Å². The van der Waals surface area contributed by atoms with Crippen LogP contribution < -0.4 is 10.1 Å². The summed E-state index contributed by atoms with van der Waals surface area (Å²) in [6, 6.07) is 2.22. The van der Waals surface area contributed by atoms with E-state index < -0.39 is 22.7 Å². The Bertz CT molecular complexity index is 717. The highest BCUT2D eigenvalue weighted by Gasteiger charge is 2.55. The summed E-state index contributed by atoms with van der Waals surface area (Å²) in [6.45, 7) is 8.20. The number of nitrogens with one attached hydrogen (secondary N) is 1. The first-order valence-corrected chi connectivity index (χ1v) is 10.3. The molecule has 150 valence electrons. The number of carbonyl (C=O) groups is 1. The fourth-order valence-corrected chi connectivity index (χ4v) is 4.43. The third kappa shape index (κ3) is 3.86. The molecule has 1 aromatic carbocycles. The molecule has 1 aromatic rings. The molecule has 2 aliphatic heterocycles. The molecule has 1 amide bonds. The topological polar surface area (TPSA) is 41.6 Å². The predicted octanol–water partition coefficient (Wildman–Crippen LogP) is 4.27. The van der Waals surface area contributed by atoms with E-state index in [0.717, 1.165) is 44.5 Å². The molecular formula is C20H27BrF2N2O2. The number of piperidine rings is 2. The molecule has 3 rings (SSSR count). The van der Waals surface area contributed by atoms with Crippen LogP contribution in [0.2, 0.25) is 0 Å². The zero-order chi connectivity index (χ0) is 19.8. The van der Waals surface area contributed by atoms with Gasteiger partial charge in [-0.1, -0.05) is 20.8 Å². The van der Waals surface area contributed by atoms with E-state index in [4.69, 9.17) is 4.74 Å². The molecule has 0 spiro atoms. The van der Waals surface area contributed by atoms with Crippen LogP contribution in [0.15, 0.2) is 16.6 Å². The molecule has 2 saturated heterocycles. The number of rotatable bonds is 3. The molecule has 2 heterocycles. The van der Waals surface area contributed by atoms with Crippen molar-refractivity contribution in [1.82, 2.24) is 10.2 Å². The van der Waals surface area contributed by atoms with Crippen LogP contribution in [-0.2, 0) is 4.79 Å². The van der Waals surface area contributed by atoms with E-state index in [1.165, 1.54) is 0 Å².